The highest BCUT2D eigenvalue weighted by atomic mass is 19.1. The molecule has 0 fully saturated rings. The van der Waals surface area contributed by atoms with E-state index in [2.05, 4.69) is 39.7 Å². The van der Waals surface area contributed by atoms with Crippen LogP contribution in [0, 0.1) is 5.82 Å². The van der Waals surface area contributed by atoms with E-state index in [1.165, 1.54) is 6.07 Å². The molecule has 1 aromatic heterocycles. The Morgan fingerprint density at radius 3 is 2.76 bits per heavy atom. The van der Waals surface area contributed by atoms with Crippen molar-refractivity contribution in [2.24, 2.45) is 4.99 Å². The van der Waals surface area contributed by atoms with Gasteiger partial charge in [-0.25, -0.2) is 9.38 Å². The number of hydrogen-bond acceptors (Lipinski definition) is 3. The van der Waals surface area contributed by atoms with E-state index in [1.54, 1.807) is 18.5 Å². The number of hydrogen-bond donors (Lipinski definition) is 2. The quantitative estimate of drug-likeness (QED) is 0.597. The molecule has 0 saturated carbocycles. The normalized spacial score (nSPS) is 12.3. The molecule has 2 N–H and O–H groups in total. The molecule has 25 heavy (non-hydrogen) atoms. The molecule has 1 aromatic carbocycles. The topological polar surface area (TPSA) is 67.1 Å². The lowest BCUT2D eigenvalue weighted by Gasteiger charge is -2.26. The first-order valence-corrected chi connectivity index (χ1v) is 8.61. The number of aryl methyl sites for hydroxylation is 1. The fourth-order valence-electron chi connectivity index (χ4n) is 2.47. The Balaban J connectivity index is 2.04. The molecule has 0 saturated heterocycles. The minimum atomic E-state index is -0.234. The van der Waals surface area contributed by atoms with Crippen LogP contribution in [0.2, 0.25) is 0 Å². The third-order valence-electron chi connectivity index (χ3n) is 4.06. The first-order valence-electron chi connectivity index (χ1n) is 8.61. The summed E-state index contributed by atoms with van der Waals surface area (Å²) in [6.45, 7) is 10.9. The molecule has 0 atom stereocenters. The molecule has 2 rings (SSSR count). The first-order chi connectivity index (χ1) is 12.0. The van der Waals surface area contributed by atoms with Crippen LogP contribution in [0.3, 0.4) is 0 Å². The summed E-state index contributed by atoms with van der Waals surface area (Å²) in [5.41, 5.74) is 0.712. The van der Waals surface area contributed by atoms with Crippen molar-refractivity contribution in [2.45, 2.75) is 46.2 Å². The fraction of sp³-hybridized carbons (Fsp3) is 0.500. The second-order valence-electron chi connectivity index (χ2n) is 6.48. The van der Waals surface area contributed by atoms with Crippen molar-refractivity contribution in [3.63, 3.8) is 0 Å². The number of aromatic nitrogens is 3. The number of benzene rings is 1. The molecule has 2 aromatic rings. The highest BCUT2D eigenvalue weighted by molar-refractivity contribution is 5.79. The number of aliphatic imine (C=N–C) groups is 1. The summed E-state index contributed by atoms with van der Waals surface area (Å²) < 4.78 is 15.5. The molecule has 0 aliphatic carbocycles. The summed E-state index contributed by atoms with van der Waals surface area (Å²) >= 11 is 0. The van der Waals surface area contributed by atoms with Crippen LogP contribution in [-0.4, -0.2) is 33.8 Å². The van der Waals surface area contributed by atoms with Crippen LogP contribution in [-0.2, 0) is 18.5 Å². The number of guanidine groups is 1. The predicted octanol–water partition coefficient (Wildman–Crippen LogP) is 2.47. The molecule has 0 aliphatic heterocycles. The van der Waals surface area contributed by atoms with E-state index in [0.29, 0.717) is 19.0 Å². The van der Waals surface area contributed by atoms with Crippen molar-refractivity contribution in [2.75, 3.05) is 13.1 Å². The third-order valence-corrected chi connectivity index (χ3v) is 4.06. The van der Waals surface area contributed by atoms with Gasteiger partial charge < -0.3 is 15.2 Å². The molecular weight excluding hydrogens is 319 g/mol. The van der Waals surface area contributed by atoms with Crippen molar-refractivity contribution in [3.8, 4) is 0 Å². The Kier molecular flexibility index (Phi) is 6.50. The van der Waals surface area contributed by atoms with Gasteiger partial charge in [0.2, 0.25) is 0 Å². The average molecular weight is 346 g/mol. The number of halogens is 1. The summed E-state index contributed by atoms with van der Waals surface area (Å²) in [5.74, 6) is 1.31. The van der Waals surface area contributed by atoms with Gasteiger partial charge in [0.05, 0.1) is 0 Å². The van der Waals surface area contributed by atoms with Gasteiger partial charge in [-0.3, -0.25) is 0 Å². The van der Waals surface area contributed by atoms with E-state index >= 15 is 0 Å². The maximum absolute atomic E-state index is 13.5. The molecule has 7 heteroatoms. The zero-order valence-corrected chi connectivity index (χ0v) is 15.4. The number of nitrogens with one attached hydrogen (secondary N) is 2. The lowest BCUT2D eigenvalue weighted by molar-refractivity contribution is 0.503. The second-order valence-corrected chi connectivity index (χ2v) is 6.48. The maximum Gasteiger partial charge on any atom is 0.191 e. The second kappa shape index (κ2) is 8.60. The smallest absolute Gasteiger partial charge is 0.191 e. The minimum absolute atomic E-state index is 0.218. The molecule has 0 aliphatic rings. The fourth-order valence-corrected chi connectivity index (χ4v) is 2.47. The maximum atomic E-state index is 13.5. The van der Waals surface area contributed by atoms with Crippen molar-refractivity contribution in [3.05, 3.63) is 47.8 Å². The van der Waals surface area contributed by atoms with Gasteiger partial charge in [0, 0.05) is 25.0 Å². The summed E-state index contributed by atoms with van der Waals surface area (Å²) in [4.78, 5) is 4.58. The average Bonchev–Trinajstić information content (AvgIpc) is 3.05. The Hall–Kier alpha value is -2.44. The molecule has 0 bridgehead atoms. The summed E-state index contributed by atoms with van der Waals surface area (Å²) in [6.07, 6.45) is 1.71. The molecule has 6 nitrogen and oxygen atoms in total. The summed E-state index contributed by atoms with van der Waals surface area (Å²) in [5, 5.41) is 14.6. The van der Waals surface area contributed by atoms with Gasteiger partial charge >= 0.3 is 0 Å². The van der Waals surface area contributed by atoms with E-state index in [9.17, 15) is 4.39 Å². The van der Waals surface area contributed by atoms with Crippen LogP contribution in [0.1, 0.15) is 39.1 Å². The Morgan fingerprint density at radius 1 is 1.28 bits per heavy atom. The van der Waals surface area contributed by atoms with Crippen LogP contribution in [0.25, 0.3) is 0 Å². The van der Waals surface area contributed by atoms with Gasteiger partial charge in [-0.2, -0.15) is 0 Å². The van der Waals surface area contributed by atoms with E-state index < -0.39 is 0 Å². The zero-order chi connectivity index (χ0) is 18.3. The minimum Gasteiger partial charge on any atom is -0.357 e. The summed E-state index contributed by atoms with van der Waals surface area (Å²) in [6, 6.07) is 6.72. The Labute approximate surface area is 148 Å². The molecule has 136 valence electrons. The molecule has 0 amide bonds. The van der Waals surface area contributed by atoms with Crippen LogP contribution in [0.4, 0.5) is 4.39 Å². The molecule has 0 unspecified atom stereocenters. The highest BCUT2D eigenvalue weighted by Crippen LogP contribution is 2.22. The van der Waals surface area contributed by atoms with Crippen LogP contribution < -0.4 is 10.6 Å². The van der Waals surface area contributed by atoms with Gasteiger partial charge in [-0.1, -0.05) is 26.0 Å². The summed E-state index contributed by atoms with van der Waals surface area (Å²) in [7, 11) is 0. The SMILES string of the molecule is CCNC(=NCc1nncn1CC)NCC(C)(C)c1cccc(F)c1. The van der Waals surface area contributed by atoms with Crippen molar-refractivity contribution in [1.82, 2.24) is 25.4 Å². The molecular formula is C18H27FN6. The van der Waals surface area contributed by atoms with Crippen molar-refractivity contribution >= 4 is 5.96 Å². The molecule has 0 spiro atoms. The Morgan fingerprint density at radius 2 is 2.08 bits per heavy atom. The number of nitrogens with zero attached hydrogens (tertiary/aromatic N) is 4. The standard InChI is InChI=1S/C18H27FN6/c1-5-20-17(21-11-16-24-23-13-25(16)6-2)22-12-18(3,4)14-8-7-9-15(19)10-14/h7-10,13H,5-6,11-12H2,1-4H3,(H2,20,21,22). The van der Waals surface area contributed by atoms with Crippen molar-refractivity contribution in [1.29, 1.82) is 0 Å². The largest absolute Gasteiger partial charge is 0.357 e. The number of rotatable bonds is 7. The lowest BCUT2D eigenvalue weighted by atomic mass is 9.84. The van der Waals surface area contributed by atoms with Crippen LogP contribution >= 0.6 is 0 Å². The molecule has 1 heterocycles. The van der Waals surface area contributed by atoms with Crippen molar-refractivity contribution < 1.29 is 4.39 Å². The van der Waals surface area contributed by atoms with E-state index in [-0.39, 0.29) is 11.2 Å². The first kappa shape index (κ1) is 18.9. The van der Waals surface area contributed by atoms with Gasteiger partial charge in [-0.15, -0.1) is 10.2 Å². The third kappa shape index (κ3) is 5.27. The Bertz CT molecular complexity index is 707. The zero-order valence-electron chi connectivity index (χ0n) is 15.4. The van der Waals surface area contributed by atoms with Crippen LogP contribution in [0.15, 0.2) is 35.6 Å². The van der Waals surface area contributed by atoms with Gasteiger partial charge in [-0.05, 0) is 31.5 Å². The molecule has 0 radical (unpaired) electrons. The van der Waals surface area contributed by atoms with Crippen LogP contribution in [0.5, 0.6) is 0 Å². The van der Waals surface area contributed by atoms with E-state index in [0.717, 1.165) is 24.5 Å². The van der Waals surface area contributed by atoms with Gasteiger partial charge in [0.15, 0.2) is 11.8 Å². The monoisotopic (exact) mass is 346 g/mol. The highest BCUT2D eigenvalue weighted by Gasteiger charge is 2.21. The lowest BCUT2D eigenvalue weighted by Crippen LogP contribution is -2.43. The van der Waals surface area contributed by atoms with Gasteiger partial charge in [0.25, 0.3) is 0 Å². The van der Waals surface area contributed by atoms with E-state index in [4.69, 9.17) is 0 Å². The van der Waals surface area contributed by atoms with E-state index in [1.807, 2.05) is 24.5 Å². The van der Waals surface area contributed by atoms with Gasteiger partial charge in [0.1, 0.15) is 18.7 Å². The predicted molar refractivity (Wildman–Crippen MR) is 97.9 cm³/mol.